The Bertz CT molecular complexity index is 1820. The van der Waals surface area contributed by atoms with E-state index >= 15 is 0 Å². The number of sulfonamides is 1. The van der Waals surface area contributed by atoms with Gasteiger partial charge < -0.3 is 29.7 Å². The summed E-state index contributed by atoms with van der Waals surface area (Å²) in [6.07, 6.45) is 1.42. The third kappa shape index (κ3) is 8.31. The van der Waals surface area contributed by atoms with E-state index in [1.54, 1.807) is 47.6 Å². The SMILES string of the molecule is CC[C@@H]1C[C@]1(NC(=O)[C@@H]1C[C@@H](Oc2nccc3cc(OC)c(F)cc23)CN1C(=O)[C@@H](NC(=O)OC(C)(C)C)C(C)(C)C)C(=O)NS(=O)(=O)C1CC1. The number of fused-ring (bicyclic) bond motifs is 1. The van der Waals surface area contributed by atoms with Gasteiger partial charge in [0.25, 0.3) is 5.91 Å². The first kappa shape index (κ1) is 38.0. The van der Waals surface area contributed by atoms with Gasteiger partial charge in [-0.3, -0.25) is 19.1 Å². The number of rotatable bonds is 11. The molecule has 2 aromatic rings. The van der Waals surface area contributed by atoms with Crippen molar-refractivity contribution in [1.29, 1.82) is 0 Å². The van der Waals surface area contributed by atoms with Crippen molar-refractivity contribution in [1.82, 2.24) is 25.2 Å². The van der Waals surface area contributed by atoms with E-state index in [1.165, 1.54) is 30.3 Å². The topological polar surface area (TPSA) is 182 Å². The number of nitrogens with zero attached hydrogens (tertiary/aromatic N) is 2. The van der Waals surface area contributed by atoms with E-state index < -0.39 is 79.6 Å². The van der Waals surface area contributed by atoms with Gasteiger partial charge in [-0.25, -0.2) is 22.6 Å². The zero-order valence-corrected chi connectivity index (χ0v) is 31.1. The van der Waals surface area contributed by atoms with Crippen LogP contribution in [0, 0.1) is 17.2 Å². The molecule has 4 amide bonds. The van der Waals surface area contributed by atoms with Crippen LogP contribution in [-0.4, -0.2) is 90.3 Å². The number of likely N-dealkylation sites (tertiary alicyclic amines) is 1. The van der Waals surface area contributed by atoms with Crippen LogP contribution in [0.2, 0.25) is 0 Å². The standard InChI is InChI=1S/C35H48FN5O9S/c1-9-20-17-35(20,31(44)40-51(46,47)22-10-11-22)39-28(42)25-15-21(49-29-23-16-24(36)26(48-8)14-19(23)12-13-37-29)18-41(25)30(43)27(33(2,3)4)38-32(45)50-34(5,6)7/h12-14,16,20-22,25,27H,9-11,15,17-18H2,1-8H3,(H,38,45)(H,39,42)(H,40,44)/t20-,21-,25+,27-,35-/m1/s1. The molecule has 2 aliphatic carbocycles. The number of ether oxygens (including phenoxy) is 3. The molecule has 0 radical (unpaired) electrons. The van der Waals surface area contributed by atoms with E-state index in [9.17, 15) is 32.0 Å². The Morgan fingerprint density at radius 2 is 1.80 bits per heavy atom. The molecule has 3 aliphatic rings. The number of hydrogen-bond donors (Lipinski definition) is 3. The number of methoxy groups -OCH3 is 1. The molecule has 51 heavy (non-hydrogen) atoms. The number of benzene rings is 1. The summed E-state index contributed by atoms with van der Waals surface area (Å²) < 4.78 is 59.1. The summed E-state index contributed by atoms with van der Waals surface area (Å²) in [7, 11) is -2.54. The van der Waals surface area contributed by atoms with Crippen LogP contribution in [0.15, 0.2) is 24.4 Å². The molecule has 16 heteroatoms. The molecule has 1 aromatic heterocycles. The molecule has 2 saturated carbocycles. The number of hydrogen-bond acceptors (Lipinski definition) is 10. The maximum absolute atomic E-state index is 14.8. The van der Waals surface area contributed by atoms with Gasteiger partial charge in [0, 0.05) is 18.0 Å². The number of carbonyl (C=O) groups is 4. The minimum atomic E-state index is -3.89. The van der Waals surface area contributed by atoms with Gasteiger partial charge in [-0.15, -0.1) is 0 Å². The summed E-state index contributed by atoms with van der Waals surface area (Å²) in [5, 5.41) is 5.76. The second-order valence-corrected chi connectivity index (χ2v) is 17.7. The van der Waals surface area contributed by atoms with Crippen molar-refractivity contribution in [2.45, 2.75) is 115 Å². The van der Waals surface area contributed by atoms with Gasteiger partial charge in [0.2, 0.25) is 27.7 Å². The maximum atomic E-state index is 14.8. The van der Waals surface area contributed by atoms with Gasteiger partial charge in [0.1, 0.15) is 29.3 Å². The van der Waals surface area contributed by atoms with Crippen LogP contribution in [-0.2, 0) is 29.1 Å². The Morgan fingerprint density at radius 1 is 1.12 bits per heavy atom. The lowest BCUT2D eigenvalue weighted by Crippen LogP contribution is -2.60. The van der Waals surface area contributed by atoms with E-state index in [2.05, 4.69) is 20.3 Å². The fraction of sp³-hybridized carbons (Fsp3) is 0.629. The molecule has 5 rings (SSSR count). The number of pyridine rings is 1. The molecule has 0 unspecified atom stereocenters. The van der Waals surface area contributed by atoms with E-state index in [1.807, 2.05) is 6.92 Å². The van der Waals surface area contributed by atoms with Gasteiger partial charge >= 0.3 is 6.09 Å². The fourth-order valence-electron chi connectivity index (χ4n) is 6.47. The lowest BCUT2D eigenvalue weighted by Gasteiger charge is -2.36. The summed E-state index contributed by atoms with van der Waals surface area (Å²) in [5.74, 6) is -2.94. The first-order valence-corrected chi connectivity index (χ1v) is 18.7. The van der Waals surface area contributed by atoms with Crippen molar-refractivity contribution < 1.29 is 46.2 Å². The van der Waals surface area contributed by atoms with Gasteiger partial charge in [-0.2, -0.15) is 0 Å². The van der Waals surface area contributed by atoms with Gasteiger partial charge in [-0.1, -0.05) is 34.1 Å². The molecule has 0 bridgehead atoms. The Hall–Kier alpha value is -4.21. The first-order valence-electron chi connectivity index (χ1n) is 17.2. The van der Waals surface area contributed by atoms with Crippen LogP contribution < -0.4 is 24.8 Å². The van der Waals surface area contributed by atoms with E-state index in [0.29, 0.717) is 30.0 Å². The first-order chi connectivity index (χ1) is 23.7. The minimum Gasteiger partial charge on any atom is -0.494 e. The molecule has 1 aliphatic heterocycles. The van der Waals surface area contributed by atoms with Gasteiger partial charge in [0.05, 0.1) is 18.9 Å². The van der Waals surface area contributed by atoms with Gasteiger partial charge in [-0.05, 0) is 75.0 Å². The molecule has 3 fully saturated rings. The van der Waals surface area contributed by atoms with Crippen molar-refractivity contribution in [3.05, 3.63) is 30.2 Å². The Morgan fingerprint density at radius 3 is 2.37 bits per heavy atom. The van der Waals surface area contributed by atoms with Crippen LogP contribution in [0.4, 0.5) is 9.18 Å². The molecule has 3 N–H and O–H groups in total. The average molecular weight is 734 g/mol. The highest BCUT2D eigenvalue weighted by molar-refractivity contribution is 7.91. The zero-order chi connectivity index (χ0) is 37.7. The van der Waals surface area contributed by atoms with E-state index in [-0.39, 0.29) is 36.9 Å². The molecular weight excluding hydrogens is 685 g/mol. The summed E-state index contributed by atoms with van der Waals surface area (Å²) in [6.45, 7) is 12.0. The number of amides is 4. The van der Waals surface area contributed by atoms with Crippen LogP contribution in [0.1, 0.15) is 80.6 Å². The van der Waals surface area contributed by atoms with Crippen LogP contribution in [0.25, 0.3) is 10.8 Å². The normalized spacial score (nSPS) is 24.0. The zero-order valence-electron chi connectivity index (χ0n) is 30.3. The van der Waals surface area contributed by atoms with Crippen molar-refractivity contribution in [3.63, 3.8) is 0 Å². The quantitative estimate of drug-likeness (QED) is 0.309. The van der Waals surface area contributed by atoms with Gasteiger partial charge in [0.15, 0.2) is 11.6 Å². The number of nitrogens with one attached hydrogen (secondary N) is 3. The lowest BCUT2D eigenvalue weighted by molar-refractivity contribution is -0.143. The number of alkyl carbamates (subject to hydrolysis) is 1. The molecule has 0 spiro atoms. The van der Waals surface area contributed by atoms with Crippen molar-refractivity contribution in [2.24, 2.45) is 11.3 Å². The minimum absolute atomic E-state index is 0.0353. The molecule has 2 heterocycles. The summed E-state index contributed by atoms with van der Waals surface area (Å²) >= 11 is 0. The average Bonchev–Trinajstić information content (AvgIpc) is 3.95. The second-order valence-electron chi connectivity index (χ2n) is 15.7. The monoisotopic (exact) mass is 733 g/mol. The smallest absolute Gasteiger partial charge is 0.408 e. The highest BCUT2D eigenvalue weighted by Gasteiger charge is 2.62. The largest absolute Gasteiger partial charge is 0.494 e. The van der Waals surface area contributed by atoms with Crippen LogP contribution in [0.3, 0.4) is 0 Å². The Balaban J connectivity index is 1.45. The number of halogens is 1. The Kier molecular flexibility index (Phi) is 10.2. The van der Waals surface area contributed by atoms with Crippen LogP contribution >= 0.6 is 0 Å². The summed E-state index contributed by atoms with van der Waals surface area (Å²) in [5.41, 5.74) is -3.17. The third-order valence-corrected chi connectivity index (χ3v) is 11.3. The predicted molar refractivity (Wildman–Crippen MR) is 185 cm³/mol. The highest BCUT2D eigenvalue weighted by Crippen LogP contribution is 2.47. The number of carbonyl (C=O) groups excluding carboxylic acids is 4. The fourth-order valence-corrected chi connectivity index (χ4v) is 7.83. The molecule has 1 aromatic carbocycles. The molecule has 14 nitrogen and oxygen atoms in total. The predicted octanol–water partition coefficient (Wildman–Crippen LogP) is 3.56. The van der Waals surface area contributed by atoms with E-state index in [0.717, 1.165) is 0 Å². The highest BCUT2D eigenvalue weighted by atomic mass is 32.2. The van der Waals surface area contributed by atoms with Crippen molar-refractivity contribution in [2.75, 3.05) is 13.7 Å². The van der Waals surface area contributed by atoms with E-state index in [4.69, 9.17) is 14.2 Å². The molecular formula is C35H48FN5O9S. The lowest BCUT2D eigenvalue weighted by atomic mass is 9.85. The Labute approximate surface area is 297 Å². The van der Waals surface area contributed by atoms with Crippen LogP contribution in [0.5, 0.6) is 11.6 Å². The second kappa shape index (κ2) is 13.7. The molecule has 5 atom stereocenters. The molecule has 280 valence electrons. The molecule has 1 saturated heterocycles. The maximum Gasteiger partial charge on any atom is 0.408 e. The van der Waals surface area contributed by atoms with Crippen molar-refractivity contribution in [3.8, 4) is 11.6 Å². The van der Waals surface area contributed by atoms with Crippen molar-refractivity contribution >= 4 is 44.6 Å². The summed E-state index contributed by atoms with van der Waals surface area (Å²) in [4.78, 5) is 60.6. The third-order valence-electron chi connectivity index (χ3n) is 9.45. The number of aromatic nitrogens is 1. The summed E-state index contributed by atoms with van der Waals surface area (Å²) in [6, 6.07) is 2.06.